The molecule has 2 fully saturated rings. The second-order valence-electron chi connectivity index (χ2n) is 7.67. The number of morpholine rings is 1. The number of rotatable bonds is 4. The van der Waals surface area contributed by atoms with Gasteiger partial charge in [-0.15, -0.1) is 0 Å². The lowest BCUT2D eigenvalue weighted by molar-refractivity contribution is -0.00546. The van der Waals surface area contributed by atoms with Crippen LogP contribution in [0, 0.1) is 5.92 Å². The molecule has 2 aliphatic rings. The van der Waals surface area contributed by atoms with Gasteiger partial charge in [-0.25, -0.2) is 4.98 Å². The average Bonchev–Trinajstić information content (AvgIpc) is 2.61. The average molecular weight is 345 g/mol. The highest BCUT2D eigenvalue weighted by molar-refractivity contribution is 5.94. The van der Waals surface area contributed by atoms with E-state index in [0.717, 1.165) is 37.7 Å². The van der Waals surface area contributed by atoms with E-state index >= 15 is 0 Å². The topological polar surface area (TPSA) is 54.5 Å². The third-order valence-electron chi connectivity index (χ3n) is 5.51. The molecule has 2 heterocycles. The largest absolute Gasteiger partial charge is 0.372 e. The van der Waals surface area contributed by atoms with Crippen molar-refractivity contribution in [3.05, 3.63) is 23.9 Å². The van der Waals surface area contributed by atoms with Gasteiger partial charge in [0.25, 0.3) is 5.91 Å². The number of ether oxygens (including phenoxy) is 1. The molecule has 1 aliphatic carbocycles. The molecule has 0 spiro atoms. The zero-order chi connectivity index (χ0) is 17.8. The second-order valence-corrected chi connectivity index (χ2v) is 7.67. The Morgan fingerprint density at radius 2 is 1.88 bits per heavy atom. The van der Waals surface area contributed by atoms with Gasteiger partial charge < -0.3 is 15.0 Å². The number of carbonyl (C=O) groups excluding carboxylic acids is 1. The number of hydrogen-bond donors (Lipinski definition) is 1. The Hall–Kier alpha value is -1.62. The predicted molar refractivity (Wildman–Crippen MR) is 100.0 cm³/mol. The summed E-state index contributed by atoms with van der Waals surface area (Å²) in [6.45, 7) is 8.09. The van der Waals surface area contributed by atoms with E-state index in [1.807, 2.05) is 12.1 Å². The Morgan fingerprint density at radius 3 is 2.44 bits per heavy atom. The molecule has 1 aliphatic heterocycles. The summed E-state index contributed by atoms with van der Waals surface area (Å²) in [6.07, 6.45) is 8.01. The van der Waals surface area contributed by atoms with Crippen LogP contribution in [0.1, 0.15) is 63.2 Å². The second kappa shape index (κ2) is 8.17. The minimum Gasteiger partial charge on any atom is -0.372 e. The van der Waals surface area contributed by atoms with Crippen LogP contribution in [-0.2, 0) is 4.74 Å². The van der Waals surface area contributed by atoms with Gasteiger partial charge in [-0.2, -0.15) is 0 Å². The highest BCUT2D eigenvalue weighted by Crippen LogP contribution is 2.26. The molecule has 1 saturated heterocycles. The SMILES string of the molecule is CCC1CCC(NC(=O)c2ccc(N3CC(C)OC(C)C3)nc2)CC1. The zero-order valence-electron chi connectivity index (χ0n) is 15.7. The van der Waals surface area contributed by atoms with Crippen LogP contribution in [0.25, 0.3) is 0 Å². The Kier molecular flexibility index (Phi) is 5.94. The Bertz CT molecular complexity index is 557. The maximum atomic E-state index is 12.5. The molecule has 1 aromatic heterocycles. The van der Waals surface area contributed by atoms with Crippen molar-refractivity contribution in [1.29, 1.82) is 0 Å². The van der Waals surface area contributed by atoms with Gasteiger partial charge in [-0.05, 0) is 57.6 Å². The van der Waals surface area contributed by atoms with Crippen LogP contribution in [-0.4, -0.2) is 42.2 Å². The summed E-state index contributed by atoms with van der Waals surface area (Å²) >= 11 is 0. The molecule has 5 heteroatoms. The van der Waals surface area contributed by atoms with Crippen molar-refractivity contribution in [3.8, 4) is 0 Å². The van der Waals surface area contributed by atoms with E-state index in [4.69, 9.17) is 4.74 Å². The molecule has 25 heavy (non-hydrogen) atoms. The fraction of sp³-hybridized carbons (Fsp3) is 0.700. The van der Waals surface area contributed by atoms with Crippen molar-refractivity contribution >= 4 is 11.7 Å². The van der Waals surface area contributed by atoms with Crippen LogP contribution in [0.4, 0.5) is 5.82 Å². The molecular formula is C20H31N3O2. The van der Waals surface area contributed by atoms with Crippen LogP contribution in [0.5, 0.6) is 0 Å². The van der Waals surface area contributed by atoms with Gasteiger partial charge in [-0.3, -0.25) is 4.79 Å². The van der Waals surface area contributed by atoms with Crippen LogP contribution >= 0.6 is 0 Å². The number of pyridine rings is 1. The fourth-order valence-corrected chi connectivity index (χ4v) is 4.06. The van der Waals surface area contributed by atoms with E-state index in [1.54, 1.807) is 6.20 Å². The summed E-state index contributed by atoms with van der Waals surface area (Å²) < 4.78 is 5.77. The number of carbonyl (C=O) groups is 1. The van der Waals surface area contributed by atoms with Crippen molar-refractivity contribution in [3.63, 3.8) is 0 Å². The Labute approximate surface area is 151 Å². The predicted octanol–water partition coefficient (Wildman–Crippen LogP) is 3.39. The summed E-state index contributed by atoms with van der Waals surface area (Å²) in [5.41, 5.74) is 0.649. The first-order valence-electron chi connectivity index (χ1n) is 9.72. The Balaban J connectivity index is 1.56. The minimum atomic E-state index is 0.00251. The van der Waals surface area contributed by atoms with E-state index in [2.05, 4.69) is 36.0 Å². The standard InChI is InChI=1S/C20H31N3O2/c1-4-16-5-8-18(9-6-16)22-20(24)17-7-10-19(21-11-17)23-12-14(2)25-15(3)13-23/h7,10-11,14-16,18H,4-6,8-9,12-13H2,1-3H3,(H,22,24). The monoisotopic (exact) mass is 345 g/mol. The van der Waals surface area contributed by atoms with Gasteiger partial charge in [-0.1, -0.05) is 13.3 Å². The van der Waals surface area contributed by atoms with Gasteiger partial charge in [0.2, 0.25) is 0 Å². The van der Waals surface area contributed by atoms with E-state index in [9.17, 15) is 4.79 Å². The first-order valence-corrected chi connectivity index (χ1v) is 9.72. The van der Waals surface area contributed by atoms with Gasteiger partial charge >= 0.3 is 0 Å². The van der Waals surface area contributed by atoms with E-state index in [-0.39, 0.29) is 18.1 Å². The fourth-order valence-electron chi connectivity index (χ4n) is 4.06. The van der Waals surface area contributed by atoms with Crippen molar-refractivity contribution in [2.45, 2.75) is 71.1 Å². The van der Waals surface area contributed by atoms with Crippen molar-refractivity contribution < 1.29 is 9.53 Å². The molecule has 1 N–H and O–H groups in total. The van der Waals surface area contributed by atoms with Gasteiger partial charge in [0.15, 0.2) is 0 Å². The van der Waals surface area contributed by atoms with Gasteiger partial charge in [0.1, 0.15) is 5.82 Å². The number of amides is 1. The lowest BCUT2D eigenvalue weighted by atomic mass is 9.84. The molecule has 3 rings (SSSR count). The van der Waals surface area contributed by atoms with Crippen LogP contribution in [0.3, 0.4) is 0 Å². The van der Waals surface area contributed by atoms with Crippen LogP contribution < -0.4 is 10.2 Å². The number of nitrogens with zero attached hydrogens (tertiary/aromatic N) is 2. The third-order valence-corrected chi connectivity index (χ3v) is 5.51. The third kappa shape index (κ3) is 4.72. The summed E-state index contributed by atoms with van der Waals surface area (Å²) in [5, 5.41) is 3.18. The molecule has 5 nitrogen and oxygen atoms in total. The van der Waals surface area contributed by atoms with E-state index in [0.29, 0.717) is 11.6 Å². The zero-order valence-corrected chi connectivity index (χ0v) is 15.7. The number of aromatic nitrogens is 1. The van der Waals surface area contributed by atoms with E-state index in [1.165, 1.54) is 19.3 Å². The maximum Gasteiger partial charge on any atom is 0.253 e. The van der Waals surface area contributed by atoms with Crippen LogP contribution in [0.15, 0.2) is 18.3 Å². The molecule has 2 atom stereocenters. The van der Waals surface area contributed by atoms with Crippen LogP contribution in [0.2, 0.25) is 0 Å². The summed E-state index contributed by atoms with van der Waals surface area (Å²) in [5.74, 6) is 1.76. The molecule has 1 amide bonds. The first-order chi connectivity index (χ1) is 12.0. The van der Waals surface area contributed by atoms with Gasteiger partial charge in [0, 0.05) is 25.3 Å². The number of hydrogen-bond acceptors (Lipinski definition) is 4. The lowest BCUT2D eigenvalue weighted by Gasteiger charge is -2.36. The molecule has 1 aromatic rings. The summed E-state index contributed by atoms with van der Waals surface area (Å²) in [7, 11) is 0. The molecule has 0 bridgehead atoms. The molecular weight excluding hydrogens is 314 g/mol. The number of anilines is 1. The minimum absolute atomic E-state index is 0.00251. The van der Waals surface area contributed by atoms with Crippen molar-refractivity contribution in [2.75, 3.05) is 18.0 Å². The van der Waals surface area contributed by atoms with Crippen molar-refractivity contribution in [1.82, 2.24) is 10.3 Å². The molecule has 1 saturated carbocycles. The van der Waals surface area contributed by atoms with Gasteiger partial charge in [0.05, 0.1) is 17.8 Å². The lowest BCUT2D eigenvalue weighted by Crippen LogP contribution is -2.45. The number of nitrogens with one attached hydrogen (secondary N) is 1. The highest BCUT2D eigenvalue weighted by Gasteiger charge is 2.24. The smallest absolute Gasteiger partial charge is 0.253 e. The molecule has 0 aromatic carbocycles. The molecule has 2 unspecified atom stereocenters. The Morgan fingerprint density at radius 1 is 1.20 bits per heavy atom. The summed E-state index contributed by atoms with van der Waals surface area (Å²) in [6, 6.07) is 4.16. The maximum absolute atomic E-state index is 12.5. The van der Waals surface area contributed by atoms with E-state index < -0.39 is 0 Å². The highest BCUT2D eigenvalue weighted by atomic mass is 16.5. The normalized spacial score (nSPS) is 30.1. The molecule has 0 radical (unpaired) electrons. The molecule has 138 valence electrons. The first kappa shape index (κ1) is 18.2. The quantitative estimate of drug-likeness (QED) is 0.909. The summed E-state index contributed by atoms with van der Waals surface area (Å²) in [4.78, 5) is 19.2. The van der Waals surface area contributed by atoms with Crippen molar-refractivity contribution in [2.24, 2.45) is 5.92 Å².